The fourth-order valence-corrected chi connectivity index (χ4v) is 3.81. The lowest BCUT2D eigenvalue weighted by atomic mass is 9.90. The summed E-state index contributed by atoms with van der Waals surface area (Å²) in [5, 5.41) is 11.7. The van der Waals surface area contributed by atoms with E-state index >= 15 is 0 Å². The maximum atomic E-state index is 12.7. The fourth-order valence-electron chi connectivity index (χ4n) is 3.81. The molecule has 1 saturated heterocycles. The van der Waals surface area contributed by atoms with Gasteiger partial charge in [-0.05, 0) is 31.4 Å². The molecule has 1 atom stereocenters. The van der Waals surface area contributed by atoms with E-state index in [9.17, 15) is 4.79 Å². The van der Waals surface area contributed by atoms with E-state index in [1.54, 1.807) is 6.20 Å². The number of H-pyrrole nitrogens is 1. The van der Waals surface area contributed by atoms with Crippen LogP contribution < -0.4 is 0 Å². The van der Waals surface area contributed by atoms with Crippen LogP contribution in [0.5, 0.6) is 0 Å². The molecule has 0 spiro atoms. The van der Waals surface area contributed by atoms with Crippen molar-refractivity contribution in [3.8, 4) is 11.1 Å². The molecule has 3 aromatic rings. The normalized spacial score (nSPS) is 17.2. The number of nitrogens with zero attached hydrogens (tertiary/aromatic N) is 4. The summed E-state index contributed by atoms with van der Waals surface area (Å²) in [5.74, 6) is 0.498. The van der Waals surface area contributed by atoms with Crippen LogP contribution in [0.3, 0.4) is 0 Å². The van der Waals surface area contributed by atoms with Gasteiger partial charge in [-0.25, -0.2) is 0 Å². The molecule has 1 fully saturated rings. The highest BCUT2D eigenvalue weighted by molar-refractivity contribution is 5.76. The zero-order valence-corrected chi connectivity index (χ0v) is 15.6. The van der Waals surface area contributed by atoms with E-state index in [0.717, 1.165) is 37.2 Å². The van der Waals surface area contributed by atoms with Crippen molar-refractivity contribution in [2.75, 3.05) is 13.1 Å². The molecule has 0 bridgehead atoms. The second-order valence-corrected chi connectivity index (χ2v) is 7.26. The fraction of sp³-hybridized carbons (Fsp3) is 0.381. The van der Waals surface area contributed by atoms with E-state index in [1.807, 2.05) is 28.0 Å². The lowest BCUT2D eigenvalue weighted by Crippen LogP contribution is -2.39. The Bertz CT molecular complexity index is 882. The van der Waals surface area contributed by atoms with Crippen molar-refractivity contribution < 1.29 is 4.79 Å². The summed E-state index contributed by atoms with van der Waals surface area (Å²) >= 11 is 0. The zero-order valence-electron chi connectivity index (χ0n) is 15.6. The summed E-state index contributed by atoms with van der Waals surface area (Å²) in [6.45, 7) is 4.31. The molecule has 6 nitrogen and oxygen atoms in total. The molecule has 2 aromatic heterocycles. The first-order valence-corrected chi connectivity index (χ1v) is 9.56. The Hall–Kier alpha value is -2.89. The van der Waals surface area contributed by atoms with Gasteiger partial charge in [0.2, 0.25) is 5.91 Å². The predicted molar refractivity (Wildman–Crippen MR) is 104 cm³/mol. The van der Waals surface area contributed by atoms with Crippen LogP contribution in [-0.4, -0.2) is 43.9 Å². The number of aryl methyl sites for hydroxylation is 2. The van der Waals surface area contributed by atoms with Gasteiger partial charge in [0.05, 0.1) is 6.20 Å². The quantitative estimate of drug-likeness (QED) is 0.756. The Morgan fingerprint density at radius 3 is 2.93 bits per heavy atom. The molecule has 3 heterocycles. The van der Waals surface area contributed by atoms with E-state index in [0.29, 0.717) is 18.9 Å². The smallest absolute Gasteiger partial charge is 0.224 e. The minimum absolute atomic E-state index is 0.201. The maximum Gasteiger partial charge on any atom is 0.224 e. The zero-order chi connectivity index (χ0) is 18.6. The summed E-state index contributed by atoms with van der Waals surface area (Å²) in [7, 11) is 0. The van der Waals surface area contributed by atoms with Gasteiger partial charge in [0.1, 0.15) is 0 Å². The molecule has 140 valence electrons. The van der Waals surface area contributed by atoms with Crippen LogP contribution in [0, 0.1) is 6.92 Å². The third-order valence-corrected chi connectivity index (χ3v) is 5.33. The Kier molecular flexibility index (Phi) is 5.05. The first kappa shape index (κ1) is 17.5. The van der Waals surface area contributed by atoms with E-state index < -0.39 is 0 Å². The van der Waals surface area contributed by atoms with Crippen molar-refractivity contribution >= 4 is 5.91 Å². The van der Waals surface area contributed by atoms with Gasteiger partial charge < -0.3 is 4.90 Å². The molecular formula is C21H25N5O. The van der Waals surface area contributed by atoms with E-state index in [-0.39, 0.29) is 5.91 Å². The molecule has 1 amide bonds. The van der Waals surface area contributed by atoms with Crippen LogP contribution in [-0.2, 0) is 11.3 Å². The lowest BCUT2D eigenvalue weighted by molar-refractivity contribution is -0.132. The number of carbonyl (C=O) groups is 1. The van der Waals surface area contributed by atoms with Gasteiger partial charge in [-0.15, -0.1) is 0 Å². The average Bonchev–Trinajstić information content (AvgIpc) is 3.39. The molecule has 1 N–H and O–H groups in total. The van der Waals surface area contributed by atoms with Gasteiger partial charge in [0, 0.05) is 55.6 Å². The SMILES string of the molecule is Cc1ccc(-c2cn[nH]c2[C@H]2CCCN(C(=O)CCn3cccn3)C2)cc1. The van der Waals surface area contributed by atoms with Crippen LogP contribution in [0.2, 0.25) is 0 Å². The third-order valence-electron chi connectivity index (χ3n) is 5.33. The highest BCUT2D eigenvalue weighted by Crippen LogP contribution is 2.33. The minimum Gasteiger partial charge on any atom is -0.342 e. The van der Waals surface area contributed by atoms with Crippen molar-refractivity contribution in [2.45, 2.75) is 38.6 Å². The van der Waals surface area contributed by atoms with Crippen LogP contribution in [0.15, 0.2) is 48.9 Å². The first-order valence-electron chi connectivity index (χ1n) is 9.56. The van der Waals surface area contributed by atoms with Gasteiger partial charge in [0.15, 0.2) is 0 Å². The van der Waals surface area contributed by atoms with Gasteiger partial charge in [-0.1, -0.05) is 29.8 Å². The molecule has 4 rings (SSSR count). The maximum absolute atomic E-state index is 12.7. The molecule has 0 unspecified atom stereocenters. The predicted octanol–water partition coefficient (Wildman–Crippen LogP) is 3.38. The largest absolute Gasteiger partial charge is 0.342 e. The van der Waals surface area contributed by atoms with Gasteiger partial charge in [-0.2, -0.15) is 10.2 Å². The Balaban J connectivity index is 1.45. The topological polar surface area (TPSA) is 66.8 Å². The van der Waals surface area contributed by atoms with Crippen LogP contribution in [0.25, 0.3) is 11.1 Å². The van der Waals surface area contributed by atoms with Crippen LogP contribution in [0.1, 0.15) is 36.4 Å². The summed E-state index contributed by atoms with van der Waals surface area (Å²) in [5.41, 5.74) is 4.70. The molecule has 6 heteroatoms. The van der Waals surface area contributed by atoms with Crippen molar-refractivity contribution in [3.05, 3.63) is 60.2 Å². The Morgan fingerprint density at radius 2 is 2.15 bits per heavy atom. The molecule has 1 aliphatic rings. The van der Waals surface area contributed by atoms with Crippen LogP contribution >= 0.6 is 0 Å². The Labute approximate surface area is 159 Å². The van der Waals surface area contributed by atoms with E-state index in [4.69, 9.17) is 0 Å². The number of piperidine rings is 1. The van der Waals surface area contributed by atoms with Crippen molar-refractivity contribution in [2.24, 2.45) is 0 Å². The highest BCUT2D eigenvalue weighted by Gasteiger charge is 2.27. The molecule has 1 aliphatic heterocycles. The number of aromatic nitrogens is 4. The number of benzene rings is 1. The third kappa shape index (κ3) is 3.94. The molecule has 0 aliphatic carbocycles. The number of hydrogen-bond donors (Lipinski definition) is 1. The minimum atomic E-state index is 0.201. The number of hydrogen-bond acceptors (Lipinski definition) is 3. The molecule has 0 saturated carbocycles. The van der Waals surface area contributed by atoms with E-state index in [2.05, 4.69) is 46.5 Å². The van der Waals surface area contributed by atoms with Gasteiger partial charge in [-0.3, -0.25) is 14.6 Å². The van der Waals surface area contributed by atoms with Crippen molar-refractivity contribution in [1.29, 1.82) is 0 Å². The van der Waals surface area contributed by atoms with E-state index in [1.165, 1.54) is 11.1 Å². The van der Waals surface area contributed by atoms with Gasteiger partial charge >= 0.3 is 0 Å². The summed E-state index contributed by atoms with van der Waals surface area (Å²) in [6, 6.07) is 10.4. The Morgan fingerprint density at radius 1 is 1.30 bits per heavy atom. The molecule has 1 aromatic carbocycles. The average molecular weight is 363 g/mol. The highest BCUT2D eigenvalue weighted by atomic mass is 16.2. The molecule has 27 heavy (non-hydrogen) atoms. The second kappa shape index (κ2) is 7.78. The lowest BCUT2D eigenvalue weighted by Gasteiger charge is -2.33. The second-order valence-electron chi connectivity index (χ2n) is 7.26. The standard InChI is InChI=1S/C21H25N5O/c1-16-5-7-17(8-6-16)19-14-22-24-21(19)18-4-2-11-25(15-18)20(27)9-13-26-12-3-10-23-26/h3,5-8,10,12,14,18H,2,4,9,11,13,15H2,1H3,(H,22,24)/t18-/m0/s1. The monoisotopic (exact) mass is 363 g/mol. The summed E-state index contributed by atoms with van der Waals surface area (Å²) in [6.07, 6.45) is 8.12. The number of aromatic amines is 1. The number of amides is 1. The number of carbonyl (C=O) groups excluding carboxylic acids is 1. The number of rotatable bonds is 5. The number of likely N-dealkylation sites (tertiary alicyclic amines) is 1. The summed E-state index contributed by atoms with van der Waals surface area (Å²) < 4.78 is 1.81. The first-order chi connectivity index (χ1) is 13.2. The van der Waals surface area contributed by atoms with Crippen molar-refractivity contribution in [3.63, 3.8) is 0 Å². The molecular weight excluding hydrogens is 338 g/mol. The van der Waals surface area contributed by atoms with Crippen molar-refractivity contribution in [1.82, 2.24) is 24.9 Å². The molecule has 0 radical (unpaired) electrons. The number of nitrogens with one attached hydrogen (secondary N) is 1. The van der Waals surface area contributed by atoms with Crippen LogP contribution in [0.4, 0.5) is 0 Å². The summed E-state index contributed by atoms with van der Waals surface area (Å²) in [4.78, 5) is 14.7. The van der Waals surface area contributed by atoms with Gasteiger partial charge in [0.25, 0.3) is 0 Å².